The average Bonchev–Trinajstić information content (AvgIpc) is 3.55. The lowest BCUT2D eigenvalue weighted by molar-refractivity contribution is 0.175. The van der Waals surface area contributed by atoms with Crippen LogP contribution in [0, 0.1) is 0 Å². The smallest absolute Gasteiger partial charge is 0.141 e. The number of benzene rings is 3. The van der Waals surface area contributed by atoms with Gasteiger partial charge in [0.2, 0.25) is 0 Å². The van der Waals surface area contributed by atoms with Crippen molar-refractivity contribution in [1.82, 2.24) is 24.4 Å². The largest absolute Gasteiger partial charge is 0.496 e. The Morgan fingerprint density at radius 3 is 2.74 bits per heavy atom. The topological polar surface area (TPSA) is 59.0 Å². The maximum atomic E-state index is 5.74. The van der Waals surface area contributed by atoms with Gasteiger partial charge >= 0.3 is 0 Å². The quantitative estimate of drug-likeness (QED) is 0.392. The zero-order chi connectivity index (χ0) is 23.1. The van der Waals surface area contributed by atoms with Crippen LogP contribution in [-0.2, 0) is 19.5 Å². The van der Waals surface area contributed by atoms with E-state index in [-0.39, 0.29) is 0 Å². The highest BCUT2D eigenvalue weighted by molar-refractivity contribution is 5.77. The molecule has 1 N–H and O–H groups in total. The van der Waals surface area contributed by atoms with Crippen molar-refractivity contribution in [2.45, 2.75) is 32.5 Å². The minimum atomic E-state index is 0.415. The second-order valence-corrected chi connectivity index (χ2v) is 8.95. The highest BCUT2D eigenvalue weighted by Gasteiger charge is 2.26. The van der Waals surface area contributed by atoms with Crippen LogP contribution in [0.25, 0.3) is 28.1 Å². The van der Waals surface area contributed by atoms with Crippen molar-refractivity contribution >= 4 is 11.0 Å². The van der Waals surface area contributed by atoms with Crippen molar-refractivity contribution in [3.8, 4) is 22.8 Å². The third-order valence-electron chi connectivity index (χ3n) is 6.87. The highest BCUT2D eigenvalue weighted by atomic mass is 16.5. The molecule has 1 aliphatic rings. The fourth-order valence-electron chi connectivity index (χ4n) is 5.05. The van der Waals surface area contributed by atoms with E-state index in [0.717, 1.165) is 47.7 Å². The molecule has 34 heavy (non-hydrogen) atoms. The Morgan fingerprint density at radius 1 is 1.03 bits per heavy atom. The van der Waals surface area contributed by atoms with E-state index in [0.29, 0.717) is 6.04 Å². The van der Waals surface area contributed by atoms with Crippen LogP contribution in [0.3, 0.4) is 0 Å². The lowest BCUT2D eigenvalue weighted by atomic mass is 9.91. The van der Waals surface area contributed by atoms with Gasteiger partial charge in [0, 0.05) is 31.5 Å². The molecular formula is C28H27N5O. The maximum Gasteiger partial charge on any atom is 0.141 e. The molecule has 3 heterocycles. The van der Waals surface area contributed by atoms with Gasteiger partial charge in [-0.1, -0.05) is 30.3 Å². The Hall–Kier alpha value is -3.90. The number of fused-ring (bicyclic) bond motifs is 2. The van der Waals surface area contributed by atoms with Gasteiger partial charge in [0.1, 0.15) is 17.9 Å². The molecule has 2 aromatic heterocycles. The molecule has 0 radical (unpaired) electrons. The van der Waals surface area contributed by atoms with Crippen LogP contribution < -0.4 is 4.74 Å². The molecule has 0 fully saturated rings. The molecule has 170 valence electrons. The predicted molar refractivity (Wildman–Crippen MR) is 134 cm³/mol. The second-order valence-electron chi connectivity index (χ2n) is 8.95. The zero-order valence-corrected chi connectivity index (χ0v) is 19.4. The monoisotopic (exact) mass is 449 g/mol. The number of aromatic nitrogens is 4. The van der Waals surface area contributed by atoms with Crippen molar-refractivity contribution < 1.29 is 4.74 Å². The lowest BCUT2D eigenvalue weighted by Gasteiger charge is -2.36. The summed E-state index contributed by atoms with van der Waals surface area (Å²) in [6, 6.07) is 21.8. The molecule has 0 saturated heterocycles. The summed E-state index contributed by atoms with van der Waals surface area (Å²) in [6.07, 6.45) is 6.54. The first-order valence-corrected chi connectivity index (χ1v) is 11.6. The molecule has 0 bridgehead atoms. The van der Waals surface area contributed by atoms with Crippen LogP contribution in [0.2, 0.25) is 0 Å². The number of rotatable bonds is 5. The van der Waals surface area contributed by atoms with Gasteiger partial charge in [-0.05, 0) is 60.4 Å². The summed E-state index contributed by atoms with van der Waals surface area (Å²) in [5.41, 5.74) is 8.31. The third-order valence-corrected chi connectivity index (χ3v) is 6.87. The normalized spacial score (nSPS) is 16.0. The van der Waals surface area contributed by atoms with E-state index in [1.807, 2.05) is 18.6 Å². The van der Waals surface area contributed by atoms with E-state index in [2.05, 4.69) is 85.9 Å². The van der Waals surface area contributed by atoms with Crippen molar-refractivity contribution in [1.29, 1.82) is 0 Å². The molecule has 1 aliphatic heterocycles. The lowest BCUT2D eigenvalue weighted by Crippen LogP contribution is -2.38. The third kappa shape index (κ3) is 3.56. The van der Waals surface area contributed by atoms with Crippen LogP contribution >= 0.6 is 0 Å². The fourth-order valence-corrected chi connectivity index (χ4v) is 5.05. The summed E-state index contributed by atoms with van der Waals surface area (Å²) in [5.74, 6) is 1.70. The maximum absolute atomic E-state index is 5.74. The van der Waals surface area contributed by atoms with Gasteiger partial charge in [0.05, 0.1) is 29.4 Å². The first kappa shape index (κ1) is 20.7. The Morgan fingerprint density at radius 2 is 1.88 bits per heavy atom. The average molecular weight is 450 g/mol. The van der Waals surface area contributed by atoms with Gasteiger partial charge < -0.3 is 9.72 Å². The van der Waals surface area contributed by atoms with Crippen molar-refractivity contribution in [2.75, 3.05) is 7.11 Å². The van der Waals surface area contributed by atoms with Crippen LogP contribution in [0.5, 0.6) is 5.75 Å². The minimum absolute atomic E-state index is 0.415. The summed E-state index contributed by atoms with van der Waals surface area (Å²) < 4.78 is 7.94. The van der Waals surface area contributed by atoms with Gasteiger partial charge in [-0.25, -0.2) is 9.97 Å². The number of H-pyrrole nitrogens is 1. The van der Waals surface area contributed by atoms with E-state index in [1.54, 1.807) is 13.3 Å². The number of hydrogen-bond acceptors (Lipinski definition) is 4. The van der Waals surface area contributed by atoms with Crippen molar-refractivity contribution in [3.63, 3.8) is 0 Å². The Bertz CT molecular complexity index is 1450. The summed E-state index contributed by atoms with van der Waals surface area (Å²) >= 11 is 0. The number of para-hydroxylation sites is 3. The molecule has 0 saturated carbocycles. The molecule has 6 nitrogen and oxygen atoms in total. The molecule has 3 aromatic carbocycles. The van der Waals surface area contributed by atoms with E-state index >= 15 is 0 Å². The number of nitrogens with one attached hydrogen (secondary N) is 1. The number of ether oxygens (including phenoxy) is 1. The number of methoxy groups -OCH3 is 1. The van der Waals surface area contributed by atoms with Crippen LogP contribution in [0.4, 0.5) is 0 Å². The Kier molecular flexibility index (Phi) is 5.15. The van der Waals surface area contributed by atoms with Crippen LogP contribution in [-0.4, -0.2) is 37.6 Å². The van der Waals surface area contributed by atoms with E-state index in [9.17, 15) is 0 Å². The van der Waals surface area contributed by atoms with Crippen molar-refractivity contribution in [3.05, 3.63) is 96.1 Å². The second kappa shape index (κ2) is 8.47. The number of aromatic amines is 1. The SMILES string of the molecule is COc1cc2c(cc1-c1ncc[nH]1)CC(C)N(Cc1ccccc1-n1cnc3ccccc31)C2. The van der Waals surface area contributed by atoms with Gasteiger partial charge in [0.15, 0.2) is 0 Å². The molecule has 1 unspecified atom stereocenters. The molecule has 1 atom stereocenters. The van der Waals surface area contributed by atoms with Crippen LogP contribution in [0.15, 0.2) is 79.4 Å². The number of imidazole rings is 2. The summed E-state index contributed by atoms with van der Waals surface area (Å²) in [6.45, 7) is 4.06. The molecule has 0 aliphatic carbocycles. The van der Waals surface area contributed by atoms with Gasteiger partial charge in [-0.3, -0.25) is 9.47 Å². The van der Waals surface area contributed by atoms with Gasteiger partial charge in [-0.15, -0.1) is 0 Å². The van der Waals surface area contributed by atoms with E-state index < -0.39 is 0 Å². The highest BCUT2D eigenvalue weighted by Crippen LogP contribution is 2.35. The molecule has 0 amide bonds. The molecule has 6 heteroatoms. The Balaban J connectivity index is 1.33. The van der Waals surface area contributed by atoms with Crippen LogP contribution in [0.1, 0.15) is 23.6 Å². The van der Waals surface area contributed by atoms with E-state index in [4.69, 9.17) is 4.74 Å². The van der Waals surface area contributed by atoms with Gasteiger partial charge in [0.25, 0.3) is 0 Å². The first-order valence-electron chi connectivity index (χ1n) is 11.6. The van der Waals surface area contributed by atoms with Gasteiger partial charge in [-0.2, -0.15) is 0 Å². The standard InChI is InChI=1S/C28H27N5O/c1-19-13-21-14-23(28-29-11-12-30-28)27(34-2)15-22(21)17-32(19)16-20-7-3-5-9-25(20)33-18-31-24-8-4-6-10-26(24)33/h3-12,14-15,18-19H,13,16-17H2,1-2H3,(H,29,30). The molecule has 5 aromatic rings. The summed E-state index contributed by atoms with van der Waals surface area (Å²) in [5, 5.41) is 0. The number of hydrogen-bond donors (Lipinski definition) is 1. The first-order chi connectivity index (χ1) is 16.7. The Labute approximate surface area is 198 Å². The number of nitrogens with zero attached hydrogens (tertiary/aromatic N) is 4. The molecular weight excluding hydrogens is 422 g/mol. The predicted octanol–water partition coefficient (Wildman–Crippen LogP) is 5.37. The van der Waals surface area contributed by atoms with Crippen molar-refractivity contribution in [2.24, 2.45) is 0 Å². The fraction of sp³-hybridized carbons (Fsp3) is 0.214. The zero-order valence-electron chi connectivity index (χ0n) is 19.4. The minimum Gasteiger partial charge on any atom is -0.496 e. The summed E-state index contributed by atoms with van der Waals surface area (Å²) in [4.78, 5) is 14.8. The molecule has 6 rings (SSSR count). The summed E-state index contributed by atoms with van der Waals surface area (Å²) in [7, 11) is 1.73. The van der Waals surface area contributed by atoms with E-state index in [1.165, 1.54) is 22.4 Å². The molecule has 0 spiro atoms.